The molecule has 0 spiro atoms. The second kappa shape index (κ2) is 5.56. The molecule has 1 aliphatic heterocycles. The Hall–Kier alpha value is -3.47. The van der Waals surface area contributed by atoms with Gasteiger partial charge in [0.05, 0.1) is 16.8 Å². The van der Waals surface area contributed by atoms with E-state index in [2.05, 4.69) is 5.32 Å². The maximum Gasteiger partial charge on any atom is 0.266 e. The smallest absolute Gasteiger partial charge is 0.266 e. The molecule has 122 valence electrons. The van der Waals surface area contributed by atoms with Gasteiger partial charge in [0.25, 0.3) is 11.8 Å². The normalized spacial score (nSPS) is 13.2. The van der Waals surface area contributed by atoms with Crippen molar-refractivity contribution in [3.63, 3.8) is 0 Å². The van der Waals surface area contributed by atoms with Crippen molar-refractivity contribution in [1.82, 2.24) is 0 Å². The molecule has 1 aliphatic rings. The highest BCUT2D eigenvalue weighted by atomic mass is 16.2. The number of hydrogen-bond acceptors (Lipinski definition) is 3. The van der Waals surface area contributed by atoms with E-state index in [4.69, 9.17) is 0 Å². The molecule has 0 aromatic heterocycles. The van der Waals surface area contributed by atoms with Crippen LogP contribution < -0.4 is 10.2 Å². The van der Waals surface area contributed by atoms with Crippen LogP contribution in [-0.2, 0) is 4.79 Å². The first kappa shape index (κ1) is 15.1. The fourth-order valence-corrected chi connectivity index (χ4v) is 3.07. The van der Waals surface area contributed by atoms with Crippen molar-refractivity contribution >= 4 is 39.9 Å². The van der Waals surface area contributed by atoms with E-state index < -0.39 is 0 Å². The zero-order chi connectivity index (χ0) is 17.6. The summed E-state index contributed by atoms with van der Waals surface area (Å²) in [4.78, 5) is 37.8. The lowest BCUT2D eigenvalue weighted by atomic mass is 10.1. The maximum absolute atomic E-state index is 12.8. The zero-order valence-corrected chi connectivity index (χ0v) is 13.4. The summed E-state index contributed by atoms with van der Waals surface area (Å²) in [7, 11) is 0. The maximum atomic E-state index is 12.8. The minimum absolute atomic E-state index is 0.233. The Bertz CT molecular complexity index is 1060. The van der Waals surface area contributed by atoms with Crippen LogP contribution in [0.3, 0.4) is 0 Å². The van der Waals surface area contributed by atoms with Gasteiger partial charge in [-0.25, -0.2) is 4.90 Å². The molecule has 0 bridgehead atoms. The molecular formula is C20H14N2O3. The Labute approximate surface area is 143 Å². The summed E-state index contributed by atoms with van der Waals surface area (Å²) in [5.74, 6) is -0.977. The van der Waals surface area contributed by atoms with Crippen LogP contribution in [0.15, 0.2) is 60.7 Å². The van der Waals surface area contributed by atoms with Gasteiger partial charge in [-0.05, 0) is 41.1 Å². The fourth-order valence-electron chi connectivity index (χ4n) is 3.07. The minimum atomic E-state index is -0.387. The lowest BCUT2D eigenvalue weighted by Crippen LogP contribution is -2.29. The van der Waals surface area contributed by atoms with Crippen LogP contribution in [0.25, 0.3) is 10.8 Å². The number of nitrogens with one attached hydrogen (secondary N) is 1. The van der Waals surface area contributed by atoms with E-state index in [1.54, 1.807) is 18.2 Å². The van der Waals surface area contributed by atoms with Crippen molar-refractivity contribution < 1.29 is 14.4 Å². The average molecular weight is 330 g/mol. The molecule has 4 rings (SSSR count). The van der Waals surface area contributed by atoms with Crippen molar-refractivity contribution in [3.8, 4) is 0 Å². The molecule has 1 heterocycles. The highest BCUT2D eigenvalue weighted by molar-refractivity contribution is 6.35. The highest BCUT2D eigenvalue weighted by Crippen LogP contribution is 2.31. The zero-order valence-electron chi connectivity index (χ0n) is 13.4. The summed E-state index contributed by atoms with van der Waals surface area (Å²) in [5, 5.41) is 4.62. The van der Waals surface area contributed by atoms with Gasteiger partial charge in [-0.1, -0.05) is 30.3 Å². The third-order valence-electron chi connectivity index (χ3n) is 4.20. The summed E-state index contributed by atoms with van der Waals surface area (Å²) in [6, 6.07) is 18.0. The van der Waals surface area contributed by atoms with Crippen molar-refractivity contribution in [2.45, 2.75) is 6.92 Å². The van der Waals surface area contributed by atoms with E-state index >= 15 is 0 Å². The summed E-state index contributed by atoms with van der Waals surface area (Å²) in [6.07, 6.45) is 0. The van der Waals surface area contributed by atoms with E-state index in [9.17, 15) is 14.4 Å². The molecule has 0 unspecified atom stereocenters. The average Bonchev–Trinajstić information content (AvgIpc) is 2.84. The number of amides is 3. The summed E-state index contributed by atoms with van der Waals surface area (Å²) in [5.41, 5.74) is 1.66. The number of anilines is 2. The Balaban J connectivity index is 1.77. The Kier molecular flexibility index (Phi) is 3.35. The number of carbonyl (C=O) groups excluding carboxylic acids is 3. The molecular weight excluding hydrogens is 316 g/mol. The van der Waals surface area contributed by atoms with Gasteiger partial charge in [-0.15, -0.1) is 0 Å². The summed E-state index contributed by atoms with van der Waals surface area (Å²) < 4.78 is 0. The summed E-state index contributed by atoms with van der Waals surface area (Å²) in [6.45, 7) is 1.39. The van der Waals surface area contributed by atoms with E-state index in [1.165, 1.54) is 17.9 Å². The SMILES string of the molecule is CC(=O)Nc1ccc2c(c1)C(=O)N(c1ccc3ccccc3c1)C2=O. The van der Waals surface area contributed by atoms with Gasteiger partial charge in [-0.3, -0.25) is 14.4 Å². The molecule has 3 aromatic carbocycles. The number of nitrogens with zero attached hydrogens (tertiary/aromatic N) is 1. The predicted molar refractivity (Wildman–Crippen MR) is 95.8 cm³/mol. The first-order valence-corrected chi connectivity index (χ1v) is 7.84. The molecule has 5 heteroatoms. The lowest BCUT2D eigenvalue weighted by molar-refractivity contribution is -0.114. The number of carbonyl (C=O) groups is 3. The predicted octanol–water partition coefficient (Wildman–Crippen LogP) is 3.60. The molecule has 1 N–H and O–H groups in total. The van der Waals surface area contributed by atoms with Gasteiger partial charge in [0.15, 0.2) is 0 Å². The van der Waals surface area contributed by atoms with Gasteiger partial charge in [0.1, 0.15) is 0 Å². The van der Waals surface area contributed by atoms with E-state index in [-0.39, 0.29) is 17.7 Å². The second-order valence-corrected chi connectivity index (χ2v) is 5.92. The van der Waals surface area contributed by atoms with Gasteiger partial charge >= 0.3 is 0 Å². The number of benzene rings is 3. The van der Waals surface area contributed by atoms with Crippen LogP contribution >= 0.6 is 0 Å². The molecule has 0 aliphatic carbocycles. The molecule has 3 amide bonds. The van der Waals surface area contributed by atoms with Crippen LogP contribution in [0.4, 0.5) is 11.4 Å². The molecule has 0 fully saturated rings. The summed E-state index contributed by atoms with van der Waals surface area (Å²) >= 11 is 0. The quantitative estimate of drug-likeness (QED) is 0.730. The van der Waals surface area contributed by atoms with Crippen molar-refractivity contribution in [1.29, 1.82) is 0 Å². The fraction of sp³-hybridized carbons (Fsp3) is 0.0500. The van der Waals surface area contributed by atoms with Crippen molar-refractivity contribution in [2.24, 2.45) is 0 Å². The first-order valence-electron chi connectivity index (χ1n) is 7.84. The molecule has 0 radical (unpaired) electrons. The van der Waals surface area contributed by atoms with Gasteiger partial charge < -0.3 is 5.32 Å². The number of fused-ring (bicyclic) bond motifs is 2. The van der Waals surface area contributed by atoms with Crippen molar-refractivity contribution in [2.75, 3.05) is 10.2 Å². The van der Waals surface area contributed by atoms with E-state index in [0.717, 1.165) is 10.8 Å². The third-order valence-corrected chi connectivity index (χ3v) is 4.20. The van der Waals surface area contributed by atoms with Gasteiger partial charge in [0.2, 0.25) is 5.91 Å². The largest absolute Gasteiger partial charge is 0.326 e. The van der Waals surface area contributed by atoms with E-state index in [0.29, 0.717) is 22.5 Å². The van der Waals surface area contributed by atoms with Crippen molar-refractivity contribution in [3.05, 3.63) is 71.8 Å². The van der Waals surface area contributed by atoms with Gasteiger partial charge in [0, 0.05) is 12.6 Å². The van der Waals surface area contributed by atoms with E-state index in [1.807, 2.05) is 36.4 Å². The molecule has 25 heavy (non-hydrogen) atoms. The topological polar surface area (TPSA) is 66.5 Å². The number of imide groups is 1. The molecule has 3 aromatic rings. The Morgan fingerprint density at radius 1 is 0.840 bits per heavy atom. The number of rotatable bonds is 2. The second-order valence-electron chi connectivity index (χ2n) is 5.92. The molecule has 0 saturated carbocycles. The molecule has 0 atom stereocenters. The number of hydrogen-bond donors (Lipinski definition) is 1. The molecule has 5 nitrogen and oxygen atoms in total. The van der Waals surface area contributed by atoms with Crippen LogP contribution in [0.2, 0.25) is 0 Å². The Morgan fingerprint density at radius 2 is 1.56 bits per heavy atom. The first-order chi connectivity index (χ1) is 12.0. The Morgan fingerprint density at radius 3 is 2.32 bits per heavy atom. The highest BCUT2D eigenvalue weighted by Gasteiger charge is 2.36. The third kappa shape index (κ3) is 2.46. The van der Waals surface area contributed by atoms with Gasteiger partial charge in [-0.2, -0.15) is 0 Å². The lowest BCUT2D eigenvalue weighted by Gasteiger charge is -2.14. The standard InChI is InChI=1S/C20H14N2O3/c1-12(23)21-15-7-9-17-18(11-15)20(25)22(19(17)24)16-8-6-13-4-2-3-5-14(13)10-16/h2-11H,1H3,(H,21,23). The van der Waals surface area contributed by atoms with Crippen LogP contribution in [-0.4, -0.2) is 17.7 Å². The molecule has 0 saturated heterocycles. The monoisotopic (exact) mass is 330 g/mol. The van der Waals surface area contributed by atoms with Crippen LogP contribution in [0.5, 0.6) is 0 Å². The minimum Gasteiger partial charge on any atom is -0.326 e. The van der Waals surface area contributed by atoms with Crippen LogP contribution in [0, 0.1) is 0 Å². The van der Waals surface area contributed by atoms with Crippen LogP contribution in [0.1, 0.15) is 27.6 Å².